The van der Waals surface area contributed by atoms with Crippen LogP contribution in [0, 0.1) is 5.92 Å². The summed E-state index contributed by atoms with van der Waals surface area (Å²) in [6.45, 7) is 3.39. The first-order chi connectivity index (χ1) is 8.81. The van der Waals surface area contributed by atoms with Gasteiger partial charge in [0.2, 0.25) is 5.91 Å². The molecule has 0 aliphatic carbocycles. The molecule has 3 aliphatic heterocycles. The maximum Gasteiger partial charge on any atom is 0.244 e. The summed E-state index contributed by atoms with van der Waals surface area (Å²) in [5.74, 6) is 1.35. The Bertz CT molecular complexity index is 431. The minimum absolute atomic E-state index is 0.0230. The average molecular weight is 246 g/mol. The molecule has 1 amide bonds. The molecule has 18 heavy (non-hydrogen) atoms. The molecule has 2 bridgehead atoms. The van der Waals surface area contributed by atoms with E-state index in [4.69, 9.17) is 4.42 Å². The summed E-state index contributed by atoms with van der Waals surface area (Å²) in [6.07, 6.45) is 7.29. The van der Waals surface area contributed by atoms with E-state index in [1.165, 1.54) is 25.9 Å². The molecule has 1 unspecified atom stereocenters. The summed E-state index contributed by atoms with van der Waals surface area (Å²) in [7, 11) is 0. The lowest BCUT2D eigenvalue weighted by Gasteiger charge is -2.44. The van der Waals surface area contributed by atoms with E-state index >= 15 is 0 Å². The topological polar surface area (TPSA) is 45.5 Å². The highest BCUT2D eigenvalue weighted by Gasteiger charge is 2.34. The predicted octanol–water partition coefficient (Wildman–Crippen LogP) is 1.50. The Morgan fingerprint density at radius 2 is 2.28 bits per heavy atom. The van der Waals surface area contributed by atoms with Gasteiger partial charge in [-0.25, -0.2) is 0 Å². The van der Waals surface area contributed by atoms with Crippen molar-refractivity contribution in [3.8, 4) is 0 Å². The zero-order valence-electron chi connectivity index (χ0n) is 10.3. The van der Waals surface area contributed by atoms with E-state index in [0.29, 0.717) is 17.7 Å². The molecule has 4 heterocycles. The third kappa shape index (κ3) is 2.48. The van der Waals surface area contributed by atoms with Crippen LogP contribution in [-0.4, -0.2) is 36.5 Å². The zero-order chi connectivity index (χ0) is 12.4. The molecule has 3 aliphatic rings. The number of hydrogen-bond acceptors (Lipinski definition) is 3. The molecule has 3 saturated heterocycles. The minimum atomic E-state index is -0.0230. The van der Waals surface area contributed by atoms with Gasteiger partial charge in [0.05, 0.1) is 6.26 Å². The third-order valence-corrected chi connectivity index (χ3v) is 3.93. The summed E-state index contributed by atoms with van der Waals surface area (Å²) < 4.78 is 5.15. The van der Waals surface area contributed by atoms with E-state index in [1.54, 1.807) is 18.4 Å². The fraction of sp³-hybridized carbons (Fsp3) is 0.500. The molecule has 1 aromatic heterocycles. The second kappa shape index (κ2) is 4.98. The number of nitrogens with zero attached hydrogens (tertiary/aromatic N) is 1. The van der Waals surface area contributed by atoms with E-state index in [0.717, 1.165) is 6.54 Å². The van der Waals surface area contributed by atoms with Crippen LogP contribution in [0.2, 0.25) is 0 Å². The van der Waals surface area contributed by atoms with Crippen molar-refractivity contribution in [2.24, 2.45) is 5.92 Å². The van der Waals surface area contributed by atoms with Crippen molar-refractivity contribution in [2.75, 3.05) is 19.6 Å². The number of nitrogens with one attached hydrogen (secondary N) is 1. The smallest absolute Gasteiger partial charge is 0.244 e. The van der Waals surface area contributed by atoms with Crippen LogP contribution >= 0.6 is 0 Å². The number of fused-ring (bicyclic) bond motifs is 3. The van der Waals surface area contributed by atoms with Gasteiger partial charge in [-0.15, -0.1) is 0 Å². The number of carbonyl (C=O) groups is 1. The fourth-order valence-electron chi connectivity index (χ4n) is 2.90. The van der Waals surface area contributed by atoms with Crippen LogP contribution in [0.3, 0.4) is 0 Å². The predicted molar refractivity (Wildman–Crippen MR) is 68.8 cm³/mol. The number of amides is 1. The molecular weight excluding hydrogens is 228 g/mol. The summed E-state index contributed by atoms with van der Waals surface area (Å²) in [5.41, 5.74) is 0. The van der Waals surface area contributed by atoms with Crippen LogP contribution in [0.4, 0.5) is 0 Å². The highest BCUT2D eigenvalue weighted by Crippen LogP contribution is 2.27. The molecule has 1 aromatic rings. The number of piperidine rings is 3. The monoisotopic (exact) mass is 246 g/mol. The number of carbonyl (C=O) groups excluding carboxylic acids is 1. The van der Waals surface area contributed by atoms with E-state index in [9.17, 15) is 4.79 Å². The maximum atomic E-state index is 11.8. The first-order valence-corrected chi connectivity index (χ1v) is 6.56. The van der Waals surface area contributed by atoms with Gasteiger partial charge in [0.1, 0.15) is 5.76 Å². The molecule has 0 saturated carbocycles. The normalized spacial score (nSPS) is 30.8. The largest absolute Gasteiger partial charge is 0.465 e. The van der Waals surface area contributed by atoms with Gasteiger partial charge in [0.25, 0.3) is 0 Å². The van der Waals surface area contributed by atoms with Crippen LogP contribution in [0.25, 0.3) is 6.08 Å². The van der Waals surface area contributed by atoms with Crippen LogP contribution in [0.15, 0.2) is 28.9 Å². The van der Waals surface area contributed by atoms with E-state index in [2.05, 4.69) is 10.2 Å². The lowest BCUT2D eigenvalue weighted by Crippen LogP contribution is -2.57. The van der Waals surface area contributed by atoms with Crippen molar-refractivity contribution < 1.29 is 9.21 Å². The number of furan rings is 1. The van der Waals surface area contributed by atoms with Gasteiger partial charge in [-0.1, -0.05) is 0 Å². The van der Waals surface area contributed by atoms with Gasteiger partial charge in [0.15, 0.2) is 0 Å². The molecule has 96 valence electrons. The molecule has 0 radical (unpaired) electrons. The van der Waals surface area contributed by atoms with Crippen molar-refractivity contribution in [3.05, 3.63) is 30.2 Å². The summed E-state index contributed by atoms with van der Waals surface area (Å²) in [4.78, 5) is 14.3. The molecule has 4 nitrogen and oxygen atoms in total. The Morgan fingerprint density at radius 3 is 2.89 bits per heavy atom. The second-order valence-corrected chi connectivity index (χ2v) is 5.10. The molecule has 3 fully saturated rings. The standard InChI is InChI=1S/C14H18N2O2/c17-14(4-3-12-2-1-9-18-12)15-13-10-16-7-5-11(13)6-8-16/h1-4,9,11,13H,5-8,10H2,(H,15,17)/b4-3+. The van der Waals surface area contributed by atoms with Gasteiger partial charge >= 0.3 is 0 Å². The van der Waals surface area contributed by atoms with E-state index in [-0.39, 0.29) is 5.91 Å². The quantitative estimate of drug-likeness (QED) is 0.822. The van der Waals surface area contributed by atoms with Crippen LogP contribution in [0.5, 0.6) is 0 Å². The Hall–Kier alpha value is -1.55. The lowest BCUT2D eigenvalue weighted by molar-refractivity contribution is -0.118. The van der Waals surface area contributed by atoms with Crippen LogP contribution in [-0.2, 0) is 4.79 Å². The highest BCUT2D eigenvalue weighted by atomic mass is 16.3. The summed E-state index contributed by atoms with van der Waals surface area (Å²) >= 11 is 0. The number of hydrogen-bond donors (Lipinski definition) is 1. The van der Waals surface area contributed by atoms with Gasteiger partial charge < -0.3 is 14.6 Å². The molecule has 4 heteroatoms. The second-order valence-electron chi connectivity index (χ2n) is 5.10. The first-order valence-electron chi connectivity index (χ1n) is 6.56. The summed E-state index contributed by atoms with van der Waals surface area (Å²) in [5, 5.41) is 3.10. The van der Waals surface area contributed by atoms with Crippen LogP contribution < -0.4 is 5.32 Å². The Balaban J connectivity index is 1.55. The SMILES string of the molecule is O=C(/C=C/c1ccco1)NC1CN2CCC1CC2. The number of rotatable bonds is 3. The van der Waals surface area contributed by atoms with Gasteiger partial charge in [-0.2, -0.15) is 0 Å². The third-order valence-electron chi connectivity index (χ3n) is 3.93. The molecule has 1 N–H and O–H groups in total. The molecule has 1 atom stereocenters. The maximum absolute atomic E-state index is 11.8. The Morgan fingerprint density at radius 1 is 1.44 bits per heavy atom. The minimum Gasteiger partial charge on any atom is -0.465 e. The Kier molecular flexibility index (Phi) is 3.19. The molecule has 4 rings (SSSR count). The van der Waals surface area contributed by atoms with Gasteiger partial charge in [-0.3, -0.25) is 4.79 Å². The van der Waals surface area contributed by atoms with E-state index < -0.39 is 0 Å². The first kappa shape index (κ1) is 11.5. The molecule has 0 spiro atoms. The summed E-state index contributed by atoms with van der Waals surface area (Å²) in [6, 6.07) is 3.96. The lowest BCUT2D eigenvalue weighted by atomic mass is 9.84. The van der Waals surface area contributed by atoms with E-state index in [1.807, 2.05) is 12.1 Å². The van der Waals surface area contributed by atoms with Gasteiger partial charge in [-0.05, 0) is 50.1 Å². The van der Waals surface area contributed by atoms with Crippen molar-refractivity contribution in [3.63, 3.8) is 0 Å². The molecule has 0 aromatic carbocycles. The Labute approximate surface area is 107 Å². The van der Waals surface area contributed by atoms with Crippen molar-refractivity contribution in [2.45, 2.75) is 18.9 Å². The van der Waals surface area contributed by atoms with Crippen LogP contribution in [0.1, 0.15) is 18.6 Å². The van der Waals surface area contributed by atoms with Crippen molar-refractivity contribution in [1.82, 2.24) is 10.2 Å². The van der Waals surface area contributed by atoms with Gasteiger partial charge in [0, 0.05) is 18.7 Å². The average Bonchev–Trinajstić information content (AvgIpc) is 2.91. The fourth-order valence-corrected chi connectivity index (χ4v) is 2.90. The zero-order valence-corrected chi connectivity index (χ0v) is 10.3. The highest BCUT2D eigenvalue weighted by molar-refractivity contribution is 5.91. The van der Waals surface area contributed by atoms with Crippen molar-refractivity contribution >= 4 is 12.0 Å². The molecular formula is C14H18N2O2. The van der Waals surface area contributed by atoms with Crippen molar-refractivity contribution in [1.29, 1.82) is 0 Å².